The maximum atomic E-state index is 12.5. The molecule has 0 saturated heterocycles. The highest BCUT2D eigenvalue weighted by Crippen LogP contribution is 2.19. The summed E-state index contributed by atoms with van der Waals surface area (Å²) in [6.45, 7) is 3.80. The Labute approximate surface area is 125 Å². The molecule has 1 heterocycles. The zero-order valence-corrected chi connectivity index (χ0v) is 13.0. The normalized spacial score (nSPS) is 11.1. The predicted molar refractivity (Wildman–Crippen MR) is 87.3 cm³/mol. The Morgan fingerprint density at radius 2 is 1.76 bits per heavy atom. The first-order chi connectivity index (χ1) is 10.0. The van der Waals surface area contributed by atoms with Gasteiger partial charge >= 0.3 is 0 Å². The van der Waals surface area contributed by atoms with Gasteiger partial charge in [-0.3, -0.25) is 4.79 Å². The van der Waals surface area contributed by atoms with Crippen molar-refractivity contribution in [2.75, 3.05) is 20.6 Å². The fraction of sp³-hybridized carbons (Fsp3) is 0.353. The number of likely N-dealkylation sites (N-methyl/N-ethyl adjacent to an activating group) is 1. The van der Waals surface area contributed by atoms with Gasteiger partial charge in [-0.1, -0.05) is 35.9 Å². The van der Waals surface area contributed by atoms with E-state index in [9.17, 15) is 4.79 Å². The molecular weight excluding hydrogens is 262 g/mol. The predicted octanol–water partition coefficient (Wildman–Crippen LogP) is 1.84. The molecule has 0 spiro atoms. The monoisotopic (exact) mass is 285 g/mol. The van der Waals surface area contributed by atoms with Gasteiger partial charge in [0.2, 0.25) is 0 Å². The summed E-state index contributed by atoms with van der Waals surface area (Å²) in [5, 5.41) is 0. The Bertz CT molecular complexity index is 657. The Balaban J connectivity index is 2.51. The molecule has 0 fully saturated rings. The molecule has 0 aliphatic rings. The summed E-state index contributed by atoms with van der Waals surface area (Å²) < 4.78 is 1.83. The highest BCUT2D eigenvalue weighted by molar-refractivity contribution is 5.60. The molecule has 21 heavy (non-hydrogen) atoms. The average molecular weight is 285 g/mol. The lowest BCUT2D eigenvalue weighted by molar-refractivity contribution is 0.381. The lowest BCUT2D eigenvalue weighted by Crippen LogP contribution is -2.30. The van der Waals surface area contributed by atoms with Crippen LogP contribution in [0, 0.1) is 6.92 Å². The summed E-state index contributed by atoms with van der Waals surface area (Å²) in [7, 11) is 4.01. The summed E-state index contributed by atoms with van der Waals surface area (Å²) >= 11 is 0. The van der Waals surface area contributed by atoms with E-state index >= 15 is 0 Å². The van der Waals surface area contributed by atoms with Crippen molar-refractivity contribution in [1.29, 1.82) is 0 Å². The Morgan fingerprint density at radius 3 is 2.33 bits per heavy atom. The molecule has 1 aromatic heterocycles. The van der Waals surface area contributed by atoms with Crippen LogP contribution in [0.25, 0.3) is 11.3 Å². The summed E-state index contributed by atoms with van der Waals surface area (Å²) in [5.41, 5.74) is 9.54. The molecule has 0 amide bonds. The van der Waals surface area contributed by atoms with Crippen molar-refractivity contribution in [1.82, 2.24) is 9.47 Å². The molecule has 4 nitrogen and oxygen atoms in total. The van der Waals surface area contributed by atoms with E-state index in [0.717, 1.165) is 17.8 Å². The van der Waals surface area contributed by atoms with Crippen LogP contribution in [0.3, 0.4) is 0 Å². The average Bonchev–Trinajstić information content (AvgIpc) is 2.46. The molecule has 2 rings (SSSR count). The SMILES string of the molecule is Cc1ccc(-c2ccc(CN)c(=O)n2CCN(C)C)cc1. The molecule has 2 aromatic rings. The van der Waals surface area contributed by atoms with Crippen molar-refractivity contribution in [2.45, 2.75) is 20.0 Å². The molecule has 0 aliphatic heterocycles. The van der Waals surface area contributed by atoms with Gasteiger partial charge < -0.3 is 15.2 Å². The molecular formula is C17H23N3O. The van der Waals surface area contributed by atoms with Gasteiger partial charge in [0, 0.05) is 25.2 Å². The summed E-state index contributed by atoms with van der Waals surface area (Å²) in [4.78, 5) is 14.6. The number of nitrogens with two attached hydrogens (primary N) is 1. The second-order valence-corrected chi connectivity index (χ2v) is 5.57. The second kappa shape index (κ2) is 6.70. The van der Waals surface area contributed by atoms with Crippen LogP contribution in [-0.4, -0.2) is 30.1 Å². The molecule has 2 N–H and O–H groups in total. The highest BCUT2D eigenvalue weighted by atomic mass is 16.1. The maximum Gasteiger partial charge on any atom is 0.255 e. The van der Waals surface area contributed by atoms with Gasteiger partial charge in [-0.25, -0.2) is 0 Å². The molecule has 0 saturated carbocycles. The smallest absolute Gasteiger partial charge is 0.255 e. The topological polar surface area (TPSA) is 51.3 Å². The number of aromatic nitrogens is 1. The van der Waals surface area contributed by atoms with Crippen molar-refractivity contribution in [3.05, 3.63) is 57.9 Å². The molecule has 0 atom stereocenters. The van der Waals surface area contributed by atoms with Crippen molar-refractivity contribution >= 4 is 0 Å². The van der Waals surface area contributed by atoms with Crippen LogP contribution in [0.2, 0.25) is 0 Å². The van der Waals surface area contributed by atoms with Crippen LogP contribution >= 0.6 is 0 Å². The van der Waals surface area contributed by atoms with Crippen LogP contribution in [-0.2, 0) is 13.1 Å². The molecule has 0 unspecified atom stereocenters. The van der Waals surface area contributed by atoms with Crippen molar-refractivity contribution in [2.24, 2.45) is 5.73 Å². The van der Waals surface area contributed by atoms with Gasteiger partial charge in [0.25, 0.3) is 5.56 Å². The maximum absolute atomic E-state index is 12.5. The molecule has 0 aliphatic carbocycles. The van der Waals surface area contributed by atoms with E-state index in [1.54, 1.807) is 0 Å². The Kier molecular flexibility index (Phi) is 4.94. The molecule has 112 valence electrons. The number of hydrogen-bond acceptors (Lipinski definition) is 3. The number of benzene rings is 1. The van der Waals surface area contributed by atoms with Crippen LogP contribution in [0.5, 0.6) is 0 Å². The standard InChI is InChI=1S/C17H23N3O/c1-13-4-6-14(7-5-13)16-9-8-15(12-18)17(21)20(16)11-10-19(2)3/h4-9H,10-12,18H2,1-3H3. The minimum Gasteiger partial charge on any atom is -0.326 e. The van der Waals surface area contributed by atoms with Gasteiger partial charge in [0.1, 0.15) is 0 Å². The highest BCUT2D eigenvalue weighted by Gasteiger charge is 2.10. The van der Waals surface area contributed by atoms with Crippen molar-refractivity contribution in [3.8, 4) is 11.3 Å². The summed E-state index contributed by atoms with van der Waals surface area (Å²) in [6, 6.07) is 12.1. The fourth-order valence-electron chi connectivity index (χ4n) is 2.28. The molecule has 4 heteroatoms. The quantitative estimate of drug-likeness (QED) is 0.912. The van der Waals surface area contributed by atoms with Gasteiger partial charge in [-0.15, -0.1) is 0 Å². The third kappa shape index (κ3) is 3.60. The summed E-state index contributed by atoms with van der Waals surface area (Å²) in [6.07, 6.45) is 0. The van der Waals surface area contributed by atoms with Crippen molar-refractivity contribution < 1.29 is 0 Å². The number of rotatable bonds is 5. The number of nitrogens with zero attached hydrogens (tertiary/aromatic N) is 2. The van der Waals surface area contributed by atoms with Gasteiger partial charge in [-0.2, -0.15) is 0 Å². The van der Waals surface area contributed by atoms with Gasteiger partial charge in [0.15, 0.2) is 0 Å². The van der Waals surface area contributed by atoms with E-state index in [-0.39, 0.29) is 12.1 Å². The molecule has 0 bridgehead atoms. The van der Waals surface area contributed by atoms with Crippen molar-refractivity contribution in [3.63, 3.8) is 0 Å². The first-order valence-electron chi connectivity index (χ1n) is 7.17. The van der Waals surface area contributed by atoms with E-state index in [0.29, 0.717) is 12.1 Å². The minimum absolute atomic E-state index is 0.0115. The first kappa shape index (κ1) is 15.5. The van der Waals surface area contributed by atoms with E-state index in [4.69, 9.17) is 5.73 Å². The van der Waals surface area contributed by atoms with E-state index in [2.05, 4.69) is 36.1 Å². The number of hydrogen-bond donors (Lipinski definition) is 1. The summed E-state index contributed by atoms with van der Waals surface area (Å²) in [5.74, 6) is 0. The van der Waals surface area contributed by atoms with E-state index in [1.165, 1.54) is 5.56 Å². The van der Waals surface area contributed by atoms with E-state index < -0.39 is 0 Å². The molecule has 1 aromatic carbocycles. The van der Waals surface area contributed by atoms with Crippen LogP contribution in [0.4, 0.5) is 0 Å². The first-order valence-corrected chi connectivity index (χ1v) is 7.17. The number of aryl methyl sites for hydroxylation is 1. The Hall–Kier alpha value is -1.91. The number of pyridine rings is 1. The zero-order valence-electron chi connectivity index (χ0n) is 13.0. The van der Waals surface area contributed by atoms with Crippen LogP contribution in [0.15, 0.2) is 41.2 Å². The lowest BCUT2D eigenvalue weighted by atomic mass is 10.1. The van der Waals surface area contributed by atoms with Gasteiger partial charge in [-0.05, 0) is 32.6 Å². The van der Waals surface area contributed by atoms with Gasteiger partial charge in [0.05, 0.1) is 5.69 Å². The van der Waals surface area contributed by atoms with Crippen LogP contribution in [0.1, 0.15) is 11.1 Å². The fourth-order valence-corrected chi connectivity index (χ4v) is 2.28. The minimum atomic E-state index is 0.0115. The largest absolute Gasteiger partial charge is 0.326 e. The lowest BCUT2D eigenvalue weighted by Gasteiger charge is -2.17. The zero-order chi connectivity index (χ0) is 15.4. The molecule has 0 radical (unpaired) electrons. The third-order valence-corrected chi connectivity index (χ3v) is 3.59. The van der Waals surface area contributed by atoms with E-state index in [1.807, 2.05) is 30.8 Å². The third-order valence-electron chi connectivity index (χ3n) is 3.59. The van der Waals surface area contributed by atoms with Crippen LogP contribution < -0.4 is 11.3 Å². The second-order valence-electron chi connectivity index (χ2n) is 5.57. The Morgan fingerprint density at radius 1 is 1.10 bits per heavy atom.